The summed E-state index contributed by atoms with van der Waals surface area (Å²) in [6, 6.07) is 0.144. The maximum Gasteiger partial charge on any atom is 0.225 e. The number of carbonyl (C=O) groups is 2. The molecule has 31 heavy (non-hydrogen) atoms. The zero-order chi connectivity index (χ0) is 22.2. The van der Waals surface area contributed by atoms with Crippen LogP contribution in [0.5, 0.6) is 0 Å². The van der Waals surface area contributed by atoms with Crippen LogP contribution in [0, 0.1) is 35.0 Å². The lowest BCUT2D eigenvalue weighted by atomic mass is 9.51. The normalized spacial score (nSPS) is 40.3. The van der Waals surface area contributed by atoms with Gasteiger partial charge in [-0.2, -0.15) is 0 Å². The molecule has 1 heterocycles. The first-order valence-electron chi connectivity index (χ1n) is 13.1. The fourth-order valence-electron chi connectivity index (χ4n) is 7.57. The smallest absolute Gasteiger partial charge is 0.225 e. The third-order valence-electron chi connectivity index (χ3n) is 9.64. The molecule has 4 rings (SSSR count). The molecular weight excluding hydrogens is 388 g/mol. The summed E-state index contributed by atoms with van der Waals surface area (Å²) in [6.07, 6.45) is 11.4. The standard InChI is InChI=1S/C26H44N2O3/c1-17(25(31)28-15-7-8-16-28)20-11-13-26(3)14-12-21(18(2)22(26)23(20)29)27-24(30)19-9-5-4-6-10-19/h17-23,29H,4-16H2,1-3H3,(H,27,30)/t17-,18+,20?,21-,22+,23-,26-/m0/s1. The van der Waals surface area contributed by atoms with Crippen LogP contribution in [0.4, 0.5) is 0 Å². The molecule has 4 fully saturated rings. The quantitative estimate of drug-likeness (QED) is 0.702. The van der Waals surface area contributed by atoms with Gasteiger partial charge < -0.3 is 15.3 Å². The van der Waals surface area contributed by atoms with E-state index in [4.69, 9.17) is 0 Å². The van der Waals surface area contributed by atoms with Crippen LogP contribution >= 0.6 is 0 Å². The Morgan fingerprint density at radius 3 is 2.32 bits per heavy atom. The number of aliphatic hydroxyl groups excluding tert-OH is 1. The Morgan fingerprint density at radius 2 is 1.65 bits per heavy atom. The van der Waals surface area contributed by atoms with E-state index >= 15 is 0 Å². The summed E-state index contributed by atoms with van der Waals surface area (Å²) < 4.78 is 0. The molecule has 1 saturated heterocycles. The Morgan fingerprint density at radius 1 is 1.00 bits per heavy atom. The summed E-state index contributed by atoms with van der Waals surface area (Å²) in [5.41, 5.74) is 0.109. The molecule has 0 aromatic heterocycles. The molecule has 2 amide bonds. The van der Waals surface area contributed by atoms with Gasteiger partial charge in [-0.25, -0.2) is 0 Å². The first-order valence-corrected chi connectivity index (χ1v) is 13.1. The molecule has 4 aliphatic rings. The highest BCUT2D eigenvalue weighted by Gasteiger charge is 2.54. The number of likely N-dealkylation sites (tertiary alicyclic amines) is 1. The van der Waals surface area contributed by atoms with Crippen LogP contribution in [0.3, 0.4) is 0 Å². The largest absolute Gasteiger partial charge is 0.392 e. The summed E-state index contributed by atoms with van der Waals surface area (Å²) in [6.45, 7) is 8.34. The molecule has 5 nitrogen and oxygen atoms in total. The van der Waals surface area contributed by atoms with Crippen molar-refractivity contribution in [3.8, 4) is 0 Å². The van der Waals surface area contributed by atoms with Crippen LogP contribution in [-0.4, -0.2) is 47.1 Å². The van der Waals surface area contributed by atoms with Gasteiger partial charge in [-0.1, -0.05) is 40.0 Å². The van der Waals surface area contributed by atoms with Gasteiger partial charge in [0, 0.05) is 31.0 Å². The second-order valence-corrected chi connectivity index (χ2v) is 11.5. The minimum absolute atomic E-state index is 0.0291. The summed E-state index contributed by atoms with van der Waals surface area (Å²) in [4.78, 5) is 28.0. The molecule has 176 valence electrons. The van der Waals surface area contributed by atoms with Crippen LogP contribution in [0.25, 0.3) is 0 Å². The van der Waals surface area contributed by atoms with Crippen molar-refractivity contribution in [2.24, 2.45) is 35.0 Å². The molecule has 3 aliphatic carbocycles. The average Bonchev–Trinajstić information content (AvgIpc) is 3.30. The third-order valence-corrected chi connectivity index (χ3v) is 9.64. The molecule has 0 spiro atoms. The number of amides is 2. The van der Waals surface area contributed by atoms with E-state index in [1.807, 2.05) is 11.8 Å². The fourth-order valence-corrected chi connectivity index (χ4v) is 7.57. The van der Waals surface area contributed by atoms with E-state index < -0.39 is 6.10 Å². The van der Waals surface area contributed by atoms with Crippen molar-refractivity contribution in [3.05, 3.63) is 0 Å². The number of aliphatic hydroxyl groups is 1. The number of rotatable bonds is 4. The first-order chi connectivity index (χ1) is 14.8. The second-order valence-electron chi connectivity index (χ2n) is 11.5. The summed E-state index contributed by atoms with van der Waals surface area (Å²) in [5, 5.41) is 15.0. The van der Waals surface area contributed by atoms with Gasteiger partial charge in [-0.3, -0.25) is 9.59 Å². The van der Waals surface area contributed by atoms with E-state index in [1.165, 1.54) is 19.3 Å². The Labute approximate surface area is 188 Å². The average molecular weight is 433 g/mol. The monoisotopic (exact) mass is 432 g/mol. The predicted octanol–water partition coefficient (Wildman–Crippen LogP) is 4.13. The van der Waals surface area contributed by atoms with Crippen LogP contribution < -0.4 is 5.32 Å². The molecular formula is C26H44N2O3. The Balaban J connectivity index is 1.44. The molecule has 2 N–H and O–H groups in total. The number of carbonyl (C=O) groups excluding carboxylic acids is 2. The molecule has 5 heteroatoms. The van der Waals surface area contributed by atoms with E-state index in [1.54, 1.807) is 0 Å². The third kappa shape index (κ3) is 4.54. The molecule has 0 aromatic rings. The van der Waals surface area contributed by atoms with Crippen molar-refractivity contribution in [2.75, 3.05) is 13.1 Å². The van der Waals surface area contributed by atoms with Crippen LogP contribution in [-0.2, 0) is 9.59 Å². The van der Waals surface area contributed by atoms with E-state index in [2.05, 4.69) is 19.2 Å². The number of hydrogen-bond donors (Lipinski definition) is 2. The van der Waals surface area contributed by atoms with Gasteiger partial charge in [0.15, 0.2) is 0 Å². The summed E-state index contributed by atoms with van der Waals surface area (Å²) >= 11 is 0. The van der Waals surface area contributed by atoms with Gasteiger partial charge in [-0.15, -0.1) is 0 Å². The molecule has 1 unspecified atom stereocenters. The molecule has 3 saturated carbocycles. The zero-order valence-corrected chi connectivity index (χ0v) is 19.9. The van der Waals surface area contributed by atoms with Gasteiger partial charge in [-0.05, 0) is 74.5 Å². The van der Waals surface area contributed by atoms with Gasteiger partial charge in [0.05, 0.1) is 6.10 Å². The SMILES string of the molecule is C[C@H]1[C@@H]2[C@@H](O)C([C@H](C)C(=O)N3CCCC3)CC[C@@]2(C)CC[C@@H]1NC(=O)C1CCCCC1. The van der Waals surface area contributed by atoms with Gasteiger partial charge >= 0.3 is 0 Å². The molecule has 7 atom stereocenters. The van der Waals surface area contributed by atoms with Gasteiger partial charge in [0.2, 0.25) is 11.8 Å². The van der Waals surface area contributed by atoms with Crippen molar-refractivity contribution in [2.45, 2.75) is 104 Å². The first kappa shape index (κ1) is 23.1. The number of nitrogens with zero attached hydrogens (tertiary/aromatic N) is 1. The molecule has 0 radical (unpaired) electrons. The second kappa shape index (κ2) is 9.41. The summed E-state index contributed by atoms with van der Waals surface area (Å²) in [5.74, 6) is 0.930. The summed E-state index contributed by atoms with van der Waals surface area (Å²) in [7, 11) is 0. The van der Waals surface area contributed by atoms with E-state index in [0.717, 1.165) is 64.5 Å². The maximum atomic E-state index is 13.1. The fraction of sp³-hybridized carbons (Fsp3) is 0.923. The molecule has 1 aliphatic heterocycles. The Kier molecular flexibility index (Phi) is 7.00. The highest BCUT2D eigenvalue weighted by Crippen LogP contribution is 2.55. The lowest BCUT2D eigenvalue weighted by Gasteiger charge is -2.56. The Bertz CT molecular complexity index is 655. The molecule has 0 bridgehead atoms. The van der Waals surface area contributed by atoms with Crippen molar-refractivity contribution in [1.29, 1.82) is 0 Å². The highest BCUT2D eigenvalue weighted by atomic mass is 16.3. The number of fused-ring (bicyclic) bond motifs is 1. The van der Waals surface area contributed by atoms with E-state index in [0.29, 0.717) is 0 Å². The van der Waals surface area contributed by atoms with Gasteiger partial charge in [0.25, 0.3) is 0 Å². The van der Waals surface area contributed by atoms with Crippen LogP contribution in [0.1, 0.15) is 91.4 Å². The highest BCUT2D eigenvalue weighted by molar-refractivity contribution is 5.79. The minimum atomic E-state index is -0.468. The van der Waals surface area contributed by atoms with Crippen molar-refractivity contribution >= 4 is 11.8 Å². The number of nitrogens with one attached hydrogen (secondary N) is 1. The van der Waals surface area contributed by atoms with Crippen molar-refractivity contribution in [1.82, 2.24) is 10.2 Å². The van der Waals surface area contributed by atoms with Gasteiger partial charge in [0.1, 0.15) is 0 Å². The number of hydrogen-bond acceptors (Lipinski definition) is 3. The van der Waals surface area contributed by atoms with Crippen LogP contribution in [0.2, 0.25) is 0 Å². The maximum absolute atomic E-state index is 13.1. The van der Waals surface area contributed by atoms with Crippen molar-refractivity contribution in [3.63, 3.8) is 0 Å². The zero-order valence-electron chi connectivity index (χ0n) is 19.9. The predicted molar refractivity (Wildman–Crippen MR) is 122 cm³/mol. The topological polar surface area (TPSA) is 69.6 Å². The van der Waals surface area contributed by atoms with Crippen LogP contribution in [0.15, 0.2) is 0 Å². The van der Waals surface area contributed by atoms with E-state index in [9.17, 15) is 14.7 Å². The molecule has 0 aromatic carbocycles. The lowest BCUT2D eigenvalue weighted by molar-refractivity contribution is -0.150. The van der Waals surface area contributed by atoms with E-state index in [-0.39, 0.29) is 52.9 Å². The Hall–Kier alpha value is -1.10. The lowest BCUT2D eigenvalue weighted by Crippen LogP contribution is -2.59. The van der Waals surface area contributed by atoms with Crippen molar-refractivity contribution < 1.29 is 14.7 Å². The minimum Gasteiger partial charge on any atom is -0.392 e.